The highest BCUT2D eigenvalue weighted by molar-refractivity contribution is 7.99. The third-order valence-electron chi connectivity index (χ3n) is 5.77. The van der Waals surface area contributed by atoms with Gasteiger partial charge in [-0.2, -0.15) is 0 Å². The number of aliphatic hydroxyl groups excluding tert-OH is 1. The van der Waals surface area contributed by atoms with Crippen molar-refractivity contribution in [3.63, 3.8) is 0 Å². The zero-order valence-electron chi connectivity index (χ0n) is 19.0. The van der Waals surface area contributed by atoms with E-state index in [2.05, 4.69) is 0 Å². The van der Waals surface area contributed by atoms with Crippen LogP contribution in [0.1, 0.15) is 57.5 Å². The average Bonchev–Trinajstić information content (AvgIpc) is 2.79. The summed E-state index contributed by atoms with van der Waals surface area (Å²) in [5, 5.41) is 11.2. The maximum Gasteiger partial charge on any atom is 0.337 e. The molecule has 33 heavy (non-hydrogen) atoms. The minimum atomic E-state index is -0.880. The number of hydrogen-bond acceptors (Lipinski definition) is 4. The summed E-state index contributed by atoms with van der Waals surface area (Å²) in [5.41, 5.74) is 3.85. The monoisotopic (exact) mass is 470 g/mol. The minimum absolute atomic E-state index is 0.378. The summed E-state index contributed by atoms with van der Waals surface area (Å²) in [6, 6.07) is 16.4. The van der Waals surface area contributed by atoms with Crippen molar-refractivity contribution in [2.24, 2.45) is 0 Å². The number of ether oxygens (including phenoxy) is 1. The smallest absolute Gasteiger partial charge is 0.337 e. The van der Waals surface area contributed by atoms with E-state index in [1.54, 1.807) is 23.9 Å². The molecule has 1 N–H and O–H groups in total. The molecule has 0 aromatic heterocycles. The van der Waals surface area contributed by atoms with Crippen molar-refractivity contribution in [3.8, 4) is 0 Å². The number of carbonyl (C=O) groups is 1. The Hall–Kier alpha value is -2.70. The van der Waals surface area contributed by atoms with E-state index < -0.39 is 23.7 Å². The molecule has 0 saturated carbocycles. The van der Waals surface area contributed by atoms with Gasteiger partial charge < -0.3 is 9.84 Å². The van der Waals surface area contributed by atoms with Crippen LogP contribution in [0.25, 0.3) is 0 Å². The Balaban J connectivity index is 1.71. The molecule has 2 unspecified atom stereocenters. The lowest BCUT2D eigenvalue weighted by Crippen LogP contribution is -2.13. The van der Waals surface area contributed by atoms with Crippen molar-refractivity contribution in [2.45, 2.75) is 43.6 Å². The van der Waals surface area contributed by atoms with Gasteiger partial charge in [0.05, 0.1) is 18.8 Å². The van der Waals surface area contributed by atoms with Gasteiger partial charge in [0.15, 0.2) is 0 Å². The molecule has 0 amide bonds. The Bertz CT molecular complexity index is 1080. The largest absolute Gasteiger partial charge is 0.465 e. The van der Waals surface area contributed by atoms with Crippen molar-refractivity contribution in [2.75, 3.05) is 12.9 Å². The number of carbonyl (C=O) groups excluding carboxylic acids is 1. The highest BCUT2D eigenvalue weighted by atomic mass is 32.2. The summed E-state index contributed by atoms with van der Waals surface area (Å²) in [7, 11) is 1.35. The van der Waals surface area contributed by atoms with Crippen LogP contribution in [0.2, 0.25) is 0 Å². The van der Waals surface area contributed by atoms with E-state index >= 15 is 0 Å². The van der Waals surface area contributed by atoms with Gasteiger partial charge >= 0.3 is 5.97 Å². The number of halogens is 2. The number of aryl methyl sites for hydroxylation is 2. The fourth-order valence-electron chi connectivity index (χ4n) is 3.78. The molecule has 6 heteroatoms. The predicted molar refractivity (Wildman–Crippen MR) is 128 cm³/mol. The first-order valence-electron chi connectivity index (χ1n) is 10.8. The first-order valence-corrected chi connectivity index (χ1v) is 11.8. The van der Waals surface area contributed by atoms with Crippen molar-refractivity contribution >= 4 is 17.7 Å². The molecule has 0 spiro atoms. The molecule has 0 saturated heterocycles. The van der Waals surface area contributed by atoms with Crippen LogP contribution in [0, 0.1) is 25.5 Å². The van der Waals surface area contributed by atoms with E-state index in [4.69, 9.17) is 4.74 Å². The van der Waals surface area contributed by atoms with Gasteiger partial charge in [0.25, 0.3) is 0 Å². The van der Waals surface area contributed by atoms with Crippen molar-refractivity contribution in [1.29, 1.82) is 0 Å². The fourth-order valence-corrected chi connectivity index (χ4v) is 4.65. The topological polar surface area (TPSA) is 46.5 Å². The Kier molecular flexibility index (Phi) is 8.64. The van der Waals surface area contributed by atoms with E-state index in [9.17, 15) is 18.7 Å². The summed E-state index contributed by atoms with van der Waals surface area (Å²) in [5.74, 6) is -1.37. The zero-order chi connectivity index (χ0) is 24.0. The second kappa shape index (κ2) is 11.4. The third kappa shape index (κ3) is 6.65. The van der Waals surface area contributed by atoms with Gasteiger partial charge in [-0.15, -0.1) is 11.8 Å². The Labute approximate surface area is 197 Å². The summed E-state index contributed by atoms with van der Waals surface area (Å²) in [6.45, 7) is 3.98. The molecule has 3 rings (SSSR count). The summed E-state index contributed by atoms with van der Waals surface area (Å²) >= 11 is 1.62. The first kappa shape index (κ1) is 24.9. The molecule has 174 valence electrons. The van der Waals surface area contributed by atoms with Gasteiger partial charge in [-0.25, -0.2) is 13.6 Å². The minimum Gasteiger partial charge on any atom is -0.465 e. The van der Waals surface area contributed by atoms with E-state index in [1.165, 1.54) is 19.2 Å². The summed E-state index contributed by atoms with van der Waals surface area (Å²) < 4.78 is 32.6. The normalized spacial score (nSPS) is 12.9. The summed E-state index contributed by atoms with van der Waals surface area (Å²) in [6.07, 6.45) is 0.410. The van der Waals surface area contributed by atoms with Gasteiger partial charge in [-0.1, -0.05) is 18.2 Å². The van der Waals surface area contributed by atoms with Crippen LogP contribution in [0.5, 0.6) is 0 Å². The van der Waals surface area contributed by atoms with Crippen LogP contribution < -0.4 is 0 Å². The van der Waals surface area contributed by atoms with Crippen molar-refractivity contribution < 1.29 is 23.4 Å². The Morgan fingerprint density at radius 3 is 2.21 bits per heavy atom. The number of benzene rings is 3. The number of aliphatic hydroxyl groups is 1. The highest BCUT2D eigenvalue weighted by Gasteiger charge is 2.24. The van der Waals surface area contributed by atoms with Crippen LogP contribution in [0.3, 0.4) is 0 Å². The lowest BCUT2D eigenvalue weighted by molar-refractivity contribution is 0.0600. The lowest BCUT2D eigenvalue weighted by atomic mass is 9.85. The number of esters is 1. The number of thioether (sulfide) groups is 1. The molecule has 3 nitrogen and oxygen atoms in total. The molecule has 0 aliphatic heterocycles. The molecule has 3 aromatic rings. The van der Waals surface area contributed by atoms with Gasteiger partial charge in [-0.05, 0) is 91.1 Å². The molecule has 3 aromatic carbocycles. The summed E-state index contributed by atoms with van der Waals surface area (Å²) in [4.78, 5) is 12.6. The number of methoxy groups -OCH3 is 1. The molecule has 0 fully saturated rings. The van der Waals surface area contributed by atoms with Crippen LogP contribution in [0.15, 0.2) is 65.6 Å². The van der Waals surface area contributed by atoms with Crippen LogP contribution in [0.4, 0.5) is 8.78 Å². The Morgan fingerprint density at radius 2 is 1.61 bits per heavy atom. The third-order valence-corrected chi connectivity index (χ3v) is 6.87. The van der Waals surface area contributed by atoms with Crippen LogP contribution in [-0.2, 0) is 4.74 Å². The van der Waals surface area contributed by atoms with Crippen LogP contribution in [-0.4, -0.2) is 23.9 Å². The maximum atomic E-state index is 13.9. The quantitative estimate of drug-likeness (QED) is 0.213. The molecule has 0 heterocycles. The van der Waals surface area contributed by atoms with E-state index in [0.29, 0.717) is 17.5 Å². The van der Waals surface area contributed by atoms with Gasteiger partial charge in [0.2, 0.25) is 0 Å². The first-order chi connectivity index (χ1) is 15.8. The predicted octanol–water partition coefficient (Wildman–Crippen LogP) is 6.76. The molecule has 0 aliphatic carbocycles. The number of hydrogen-bond donors (Lipinski definition) is 1. The standard InChI is InChI=1S/C27H28F2O3S/c1-17-6-7-20(13-18(17)2)26(30)25(21-14-22(28)16-23(29)15-21)5-4-12-33-24-10-8-19(9-11-24)27(31)32-3/h6-11,13-16,25-26,30H,4-5,12H2,1-3H3. The van der Waals surface area contributed by atoms with Gasteiger partial charge in [0.1, 0.15) is 11.6 Å². The molecular weight excluding hydrogens is 442 g/mol. The van der Waals surface area contributed by atoms with E-state index in [-0.39, 0.29) is 5.97 Å². The lowest BCUT2D eigenvalue weighted by Gasteiger charge is -2.25. The fraction of sp³-hybridized carbons (Fsp3) is 0.296. The zero-order valence-corrected chi connectivity index (χ0v) is 19.8. The highest BCUT2D eigenvalue weighted by Crippen LogP contribution is 2.37. The second-order valence-electron chi connectivity index (χ2n) is 8.10. The van der Waals surface area contributed by atoms with E-state index in [1.807, 2.05) is 44.2 Å². The van der Waals surface area contributed by atoms with E-state index in [0.717, 1.165) is 39.8 Å². The molecular formula is C27H28F2O3S. The SMILES string of the molecule is COC(=O)c1ccc(SCCCC(c2cc(F)cc(F)c2)C(O)c2ccc(C)c(C)c2)cc1. The van der Waals surface area contributed by atoms with Crippen LogP contribution >= 0.6 is 11.8 Å². The molecule has 2 atom stereocenters. The molecule has 0 aliphatic rings. The molecule has 0 bridgehead atoms. The van der Waals surface area contributed by atoms with Crippen molar-refractivity contribution in [3.05, 3.63) is 100 Å². The average molecular weight is 471 g/mol. The number of rotatable bonds is 9. The Morgan fingerprint density at radius 1 is 0.939 bits per heavy atom. The second-order valence-corrected chi connectivity index (χ2v) is 9.27. The molecule has 0 radical (unpaired) electrons. The van der Waals surface area contributed by atoms with Crippen molar-refractivity contribution in [1.82, 2.24) is 0 Å². The van der Waals surface area contributed by atoms with Gasteiger partial charge in [-0.3, -0.25) is 0 Å². The van der Waals surface area contributed by atoms with Gasteiger partial charge in [0, 0.05) is 16.9 Å². The maximum absolute atomic E-state index is 13.9.